The number of halogens is 3. The van der Waals surface area contributed by atoms with Gasteiger partial charge < -0.3 is 10.1 Å². The fourth-order valence-electron chi connectivity index (χ4n) is 2.48. The van der Waals surface area contributed by atoms with E-state index in [0.29, 0.717) is 11.8 Å². The Morgan fingerprint density at radius 2 is 1.94 bits per heavy atom. The van der Waals surface area contributed by atoms with E-state index in [1.807, 2.05) is 0 Å². The van der Waals surface area contributed by atoms with Gasteiger partial charge in [-0.2, -0.15) is 13.2 Å². The maximum Gasteiger partial charge on any atom is 0.411 e. The fraction of sp³-hybridized carbons (Fsp3) is 1.00. The van der Waals surface area contributed by atoms with Gasteiger partial charge in [0.15, 0.2) is 0 Å². The van der Waals surface area contributed by atoms with Crippen molar-refractivity contribution in [3.8, 4) is 0 Å². The number of hydrogen-bond donors (Lipinski definition) is 1. The second-order valence-corrected chi connectivity index (χ2v) is 5.18. The zero-order valence-electron chi connectivity index (χ0n) is 10.7. The van der Waals surface area contributed by atoms with Crippen LogP contribution in [0.5, 0.6) is 0 Å². The lowest BCUT2D eigenvalue weighted by atomic mass is 9.78. The first-order valence-electron chi connectivity index (χ1n) is 6.19. The fourth-order valence-corrected chi connectivity index (χ4v) is 2.48. The molecule has 1 fully saturated rings. The minimum Gasteiger partial charge on any atom is -0.367 e. The Morgan fingerprint density at radius 3 is 2.41 bits per heavy atom. The Kier molecular flexibility index (Phi) is 5.25. The van der Waals surface area contributed by atoms with Crippen LogP contribution in [-0.4, -0.2) is 32.0 Å². The van der Waals surface area contributed by atoms with Crippen LogP contribution in [-0.2, 0) is 4.74 Å². The van der Waals surface area contributed by atoms with Crippen LogP contribution in [0.3, 0.4) is 0 Å². The topological polar surface area (TPSA) is 21.3 Å². The van der Waals surface area contributed by atoms with Crippen molar-refractivity contribution in [1.82, 2.24) is 5.32 Å². The first-order valence-corrected chi connectivity index (χ1v) is 6.19. The molecule has 5 heteroatoms. The molecule has 1 N–H and O–H groups in total. The Hall–Kier alpha value is -0.290. The van der Waals surface area contributed by atoms with Crippen LogP contribution in [0.15, 0.2) is 0 Å². The molecule has 0 saturated heterocycles. The molecule has 0 aromatic carbocycles. The van der Waals surface area contributed by atoms with E-state index in [9.17, 15) is 13.2 Å². The molecule has 3 unspecified atom stereocenters. The number of ether oxygens (including phenoxy) is 1. The van der Waals surface area contributed by atoms with Gasteiger partial charge in [-0.1, -0.05) is 13.8 Å². The lowest BCUT2D eigenvalue weighted by Gasteiger charge is -2.37. The van der Waals surface area contributed by atoms with E-state index in [2.05, 4.69) is 19.2 Å². The van der Waals surface area contributed by atoms with E-state index in [1.165, 1.54) is 0 Å². The monoisotopic (exact) mass is 253 g/mol. The van der Waals surface area contributed by atoms with Gasteiger partial charge in [-0.15, -0.1) is 0 Å². The summed E-state index contributed by atoms with van der Waals surface area (Å²) >= 11 is 0. The quantitative estimate of drug-likeness (QED) is 0.831. The van der Waals surface area contributed by atoms with Crippen LogP contribution in [0.25, 0.3) is 0 Å². The van der Waals surface area contributed by atoms with Crippen LogP contribution in [0, 0.1) is 11.8 Å². The summed E-state index contributed by atoms with van der Waals surface area (Å²) in [5.74, 6) is 0.975. The number of rotatable bonds is 4. The van der Waals surface area contributed by atoms with Crippen molar-refractivity contribution in [2.24, 2.45) is 11.8 Å². The number of alkyl halides is 3. The Bertz CT molecular complexity index is 230. The van der Waals surface area contributed by atoms with Crippen molar-refractivity contribution in [2.45, 2.75) is 51.4 Å². The highest BCUT2D eigenvalue weighted by Crippen LogP contribution is 2.32. The molecule has 17 heavy (non-hydrogen) atoms. The molecular weight excluding hydrogens is 231 g/mol. The number of hydrogen-bond acceptors (Lipinski definition) is 2. The molecule has 0 bridgehead atoms. The zero-order valence-corrected chi connectivity index (χ0v) is 10.7. The molecule has 1 saturated carbocycles. The molecule has 102 valence electrons. The van der Waals surface area contributed by atoms with Gasteiger partial charge in [-0.05, 0) is 38.1 Å². The van der Waals surface area contributed by atoms with Crippen LogP contribution >= 0.6 is 0 Å². The van der Waals surface area contributed by atoms with Gasteiger partial charge in [0.25, 0.3) is 0 Å². The molecule has 3 atom stereocenters. The minimum absolute atomic E-state index is 0.0485. The molecule has 0 aliphatic heterocycles. The average Bonchev–Trinajstić information content (AvgIpc) is 2.24. The largest absolute Gasteiger partial charge is 0.411 e. The van der Waals surface area contributed by atoms with Crippen molar-refractivity contribution >= 4 is 0 Å². The summed E-state index contributed by atoms with van der Waals surface area (Å²) < 4.78 is 41.5. The van der Waals surface area contributed by atoms with Gasteiger partial charge in [0.05, 0.1) is 6.10 Å². The van der Waals surface area contributed by atoms with Crippen molar-refractivity contribution < 1.29 is 17.9 Å². The van der Waals surface area contributed by atoms with E-state index in [1.54, 1.807) is 7.05 Å². The highest BCUT2D eigenvalue weighted by atomic mass is 19.4. The summed E-state index contributed by atoms with van der Waals surface area (Å²) in [5.41, 5.74) is 0. The van der Waals surface area contributed by atoms with E-state index in [0.717, 1.165) is 19.3 Å². The van der Waals surface area contributed by atoms with Gasteiger partial charge in [-0.3, -0.25) is 0 Å². The summed E-state index contributed by atoms with van der Waals surface area (Å²) in [6, 6.07) is 0.0485. The summed E-state index contributed by atoms with van der Waals surface area (Å²) in [6.07, 6.45) is -1.87. The second-order valence-electron chi connectivity index (χ2n) is 5.18. The minimum atomic E-state index is -4.23. The average molecular weight is 253 g/mol. The third-order valence-electron chi connectivity index (χ3n) is 3.61. The molecule has 0 aromatic heterocycles. The SMILES string of the molecule is CNC1CCC(C(C)C)CC1OCC(F)(F)F. The maximum absolute atomic E-state index is 12.2. The molecule has 0 spiro atoms. The third kappa shape index (κ3) is 4.84. The lowest BCUT2D eigenvalue weighted by molar-refractivity contribution is -0.192. The Balaban J connectivity index is 2.51. The Morgan fingerprint density at radius 1 is 1.29 bits per heavy atom. The van der Waals surface area contributed by atoms with Crippen molar-refractivity contribution in [1.29, 1.82) is 0 Å². The highest BCUT2D eigenvalue weighted by molar-refractivity contribution is 4.86. The zero-order chi connectivity index (χ0) is 13.1. The van der Waals surface area contributed by atoms with E-state index in [4.69, 9.17) is 4.74 Å². The maximum atomic E-state index is 12.2. The van der Waals surface area contributed by atoms with Crippen LogP contribution in [0.2, 0.25) is 0 Å². The second kappa shape index (κ2) is 6.05. The van der Waals surface area contributed by atoms with Crippen LogP contribution < -0.4 is 5.32 Å². The normalized spacial score (nSPS) is 30.9. The summed E-state index contributed by atoms with van der Waals surface area (Å²) in [5, 5.41) is 3.06. The smallest absolute Gasteiger partial charge is 0.367 e. The highest BCUT2D eigenvalue weighted by Gasteiger charge is 2.35. The lowest BCUT2D eigenvalue weighted by Crippen LogP contribution is -2.46. The van der Waals surface area contributed by atoms with E-state index in [-0.39, 0.29) is 12.1 Å². The van der Waals surface area contributed by atoms with Crippen molar-refractivity contribution in [3.05, 3.63) is 0 Å². The molecule has 0 aromatic rings. The first kappa shape index (κ1) is 14.8. The first-order chi connectivity index (χ1) is 7.83. The van der Waals surface area contributed by atoms with Crippen LogP contribution in [0.4, 0.5) is 13.2 Å². The molecule has 2 nitrogen and oxygen atoms in total. The molecular formula is C12H22F3NO. The van der Waals surface area contributed by atoms with Crippen molar-refractivity contribution in [2.75, 3.05) is 13.7 Å². The summed E-state index contributed by atoms with van der Waals surface area (Å²) in [4.78, 5) is 0. The van der Waals surface area contributed by atoms with Gasteiger partial charge in [-0.25, -0.2) is 0 Å². The van der Waals surface area contributed by atoms with Gasteiger partial charge in [0.1, 0.15) is 6.61 Å². The van der Waals surface area contributed by atoms with Crippen LogP contribution in [0.1, 0.15) is 33.1 Å². The number of likely N-dealkylation sites (N-methyl/N-ethyl adjacent to an activating group) is 1. The summed E-state index contributed by atoms with van der Waals surface area (Å²) in [7, 11) is 1.78. The Labute approximate surface area is 101 Å². The number of nitrogens with one attached hydrogen (secondary N) is 1. The molecule has 1 aliphatic carbocycles. The third-order valence-corrected chi connectivity index (χ3v) is 3.61. The van der Waals surface area contributed by atoms with Gasteiger partial charge in [0, 0.05) is 6.04 Å². The molecule has 0 radical (unpaired) electrons. The standard InChI is InChI=1S/C12H22F3NO/c1-8(2)9-4-5-10(16-3)11(6-9)17-7-12(13,14)15/h8-11,16H,4-7H2,1-3H3. The molecule has 1 aliphatic rings. The van der Waals surface area contributed by atoms with E-state index < -0.39 is 12.8 Å². The predicted molar refractivity (Wildman–Crippen MR) is 60.8 cm³/mol. The van der Waals surface area contributed by atoms with Crippen molar-refractivity contribution in [3.63, 3.8) is 0 Å². The predicted octanol–water partition coefficient (Wildman–Crippen LogP) is 2.98. The van der Waals surface area contributed by atoms with Gasteiger partial charge in [0.2, 0.25) is 0 Å². The molecule has 1 rings (SSSR count). The van der Waals surface area contributed by atoms with Gasteiger partial charge >= 0.3 is 6.18 Å². The molecule has 0 heterocycles. The molecule has 0 amide bonds. The summed E-state index contributed by atoms with van der Waals surface area (Å²) in [6.45, 7) is 3.09. The van der Waals surface area contributed by atoms with E-state index >= 15 is 0 Å².